The third-order valence-corrected chi connectivity index (χ3v) is 3.46. The first-order chi connectivity index (χ1) is 12.0. The smallest absolute Gasteiger partial charge is 0.387 e. The molecule has 0 saturated carbocycles. The molecule has 25 heavy (non-hydrogen) atoms. The van der Waals surface area contributed by atoms with Crippen LogP contribution in [0.4, 0.5) is 8.78 Å². The summed E-state index contributed by atoms with van der Waals surface area (Å²) in [4.78, 5) is 12.1. The predicted molar refractivity (Wildman–Crippen MR) is 85.3 cm³/mol. The first-order valence-electron chi connectivity index (χ1n) is 7.32. The van der Waals surface area contributed by atoms with Gasteiger partial charge in [0.05, 0.1) is 5.71 Å². The van der Waals surface area contributed by atoms with Gasteiger partial charge in [-0.25, -0.2) is 5.43 Å². The molecule has 0 saturated heterocycles. The van der Waals surface area contributed by atoms with E-state index in [4.69, 9.17) is 9.47 Å². The maximum absolute atomic E-state index is 12.1. The summed E-state index contributed by atoms with van der Waals surface area (Å²) < 4.78 is 38.9. The van der Waals surface area contributed by atoms with Crippen LogP contribution in [-0.2, 0) is 0 Å². The van der Waals surface area contributed by atoms with Crippen LogP contribution in [0.25, 0.3) is 0 Å². The Hall–Kier alpha value is -3.16. The fourth-order valence-electron chi connectivity index (χ4n) is 2.18. The molecule has 3 rings (SSSR count). The Morgan fingerprint density at radius 2 is 1.80 bits per heavy atom. The summed E-state index contributed by atoms with van der Waals surface area (Å²) in [6, 6.07) is 10.8. The van der Waals surface area contributed by atoms with Crippen molar-refractivity contribution in [2.45, 2.75) is 13.5 Å². The Morgan fingerprint density at radius 3 is 2.52 bits per heavy atom. The van der Waals surface area contributed by atoms with E-state index >= 15 is 0 Å². The number of hydrazone groups is 1. The molecule has 0 bridgehead atoms. The van der Waals surface area contributed by atoms with Crippen molar-refractivity contribution in [1.29, 1.82) is 0 Å². The van der Waals surface area contributed by atoms with E-state index in [1.165, 1.54) is 12.1 Å². The van der Waals surface area contributed by atoms with E-state index in [1.807, 2.05) is 0 Å². The summed E-state index contributed by atoms with van der Waals surface area (Å²) in [5, 5.41) is 4.01. The second-order valence-corrected chi connectivity index (χ2v) is 5.11. The van der Waals surface area contributed by atoms with Crippen LogP contribution in [0.15, 0.2) is 47.6 Å². The van der Waals surface area contributed by atoms with Gasteiger partial charge in [0.25, 0.3) is 5.91 Å². The second-order valence-electron chi connectivity index (χ2n) is 5.11. The highest BCUT2D eigenvalue weighted by Gasteiger charge is 2.16. The Morgan fingerprint density at radius 1 is 1.12 bits per heavy atom. The molecular formula is C17H14F2N2O4. The molecule has 1 aliphatic heterocycles. The van der Waals surface area contributed by atoms with Gasteiger partial charge in [-0.3, -0.25) is 4.79 Å². The molecule has 8 heteroatoms. The van der Waals surface area contributed by atoms with Crippen LogP contribution >= 0.6 is 0 Å². The van der Waals surface area contributed by atoms with Crippen LogP contribution in [-0.4, -0.2) is 25.0 Å². The standard InChI is InChI=1S/C17H14F2N2O4/c1-10(11-2-5-13(6-3-11)25-17(18)19)20-21-16(22)12-4-7-14-15(8-12)24-9-23-14/h2-8,17H,9H2,1H3,(H,21,22)/b20-10+. The average Bonchev–Trinajstić information content (AvgIpc) is 3.07. The summed E-state index contributed by atoms with van der Waals surface area (Å²) in [7, 11) is 0. The minimum Gasteiger partial charge on any atom is -0.454 e. The van der Waals surface area contributed by atoms with Gasteiger partial charge in [0.1, 0.15) is 5.75 Å². The number of alkyl halides is 2. The molecule has 2 aromatic rings. The number of fused-ring (bicyclic) bond motifs is 1. The van der Waals surface area contributed by atoms with Gasteiger partial charge in [0.2, 0.25) is 6.79 Å². The van der Waals surface area contributed by atoms with Gasteiger partial charge in [0, 0.05) is 5.56 Å². The van der Waals surface area contributed by atoms with Crippen molar-refractivity contribution in [2.75, 3.05) is 6.79 Å². The minimum absolute atomic E-state index is 0.0518. The van der Waals surface area contributed by atoms with E-state index in [0.717, 1.165) is 0 Å². The molecule has 130 valence electrons. The summed E-state index contributed by atoms with van der Waals surface area (Å²) in [5.74, 6) is 0.733. The van der Waals surface area contributed by atoms with Gasteiger partial charge in [-0.15, -0.1) is 0 Å². The van der Waals surface area contributed by atoms with Crippen molar-refractivity contribution >= 4 is 11.6 Å². The lowest BCUT2D eigenvalue weighted by Crippen LogP contribution is -2.19. The van der Waals surface area contributed by atoms with E-state index in [0.29, 0.717) is 28.3 Å². The lowest BCUT2D eigenvalue weighted by atomic mass is 10.1. The zero-order chi connectivity index (χ0) is 17.8. The lowest BCUT2D eigenvalue weighted by molar-refractivity contribution is -0.0498. The monoisotopic (exact) mass is 348 g/mol. The van der Waals surface area contributed by atoms with Crippen molar-refractivity contribution in [3.63, 3.8) is 0 Å². The Kier molecular flexibility index (Phi) is 4.78. The highest BCUT2D eigenvalue weighted by atomic mass is 19.3. The van der Waals surface area contributed by atoms with Crippen LogP contribution in [0.3, 0.4) is 0 Å². The van der Waals surface area contributed by atoms with Gasteiger partial charge in [-0.1, -0.05) is 0 Å². The lowest BCUT2D eigenvalue weighted by Gasteiger charge is -2.06. The number of carbonyl (C=O) groups is 1. The van der Waals surface area contributed by atoms with Crippen molar-refractivity contribution in [1.82, 2.24) is 5.43 Å². The molecule has 0 aliphatic carbocycles. The molecule has 0 unspecified atom stereocenters. The molecule has 0 atom stereocenters. The largest absolute Gasteiger partial charge is 0.454 e. The Balaban J connectivity index is 1.65. The predicted octanol–water partition coefficient (Wildman–Crippen LogP) is 3.17. The molecular weight excluding hydrogens is 334 g/mol. The number of carbonyl (C=O) groups excluding carboxylic acids is 1. The van der Waals surface area contributed by atoms with Crippen LogP contribution in [0.5, 0.6) is 17.2 Å². The molecule has 1 heterocycles. The highest BCUT2D eigenvalue weighted by molar-refractivity contribution is 6.01. The van der Waals surface area contributed by atoms with Crippen molar-refractivity contribution < 1.29 is 27.8 Å². The third kappa shape index (κ3) is 4.03. The first kappa shape index (κ1) is 16.7. The van der Waals surface area contributed by atoms with Gasteiger partial charge in [0.15, 0.2) is 11.5 Å². The molecule has 0 radical (unpaired) electrons. The number of ether oxygens (including phenoxy) is 3. The molecule has 1 N–H and O–H groups in total. The van der Waals surface area contributed by atoms with E-state index in [2.05, 4.69) is 15.3 Å². The summed E-state index contributed by atoms with van der Waals surface area (Å²) in [5.41, 5.74) is 3.98. The summed E-state index contributed by atoms with van der Waals surface area (Å²) in [6.45, 7) is -1.06. The van der Waals surface area contributed by atoms with Gasteiger partial charge >= 0.3 is 6.61 Å². The minimum atomic E-state index is -2.87. The Labute approximate surface area is 142 Å². The molecule has 0 fully saturated rings. The zero-order valence-electron chi connectivity index (χ0n) is 13.2. The number of benzene rings is 2. The maximum atomic E-state index is 12.1. The number of nitrogens with one attached hydrogen (secondary N) is 1. The number of halogens is 2. The SMILES string of the molecule is C/C(=N\NC(=O)c1ccc2c(c1)OCO2)c1ccc(OC(F)F)cc1. The molecule has 0 spiro atoms. The van der Waals surface area contributed by atoms with Gasteiger partial charge in [-0.05, 0) is 55.0 Å². The van der Waals surface area contributed by atoms with Crippen LogP contribution in [0.1, 0.15) is 22.8 Å². The van der Waals surface area contributed by atoms with Crippen LogP contribution in [0.2, 0.25) is 0 Å². The third-order valence-electron chi connectivity index (χ3n) is 3.46. The molecule has 6 nitrogen and oxygen atoms in total. The van der Waals surface area contributed by atoms with E-state index in [1.54, 1.807) is 37.3 Å². The molecule has 1 amide bonds. The normalized spacial score (nSPS) is 13.0. The van der Waals surface area contributed by atoms with Crippen molar-refractivity contribution in [3.8, 4) is 17.2 Å². The zero-order valence-corrected chi connectivity index (χ0v) is 13.2. The number of hydrogen-bond donors (Lipinski definition) is 1. The number of amides is 1. The fourth-order valence-corrected chi connectivity index (χ4v) is 2.18. The van der Waals surface area contributed by atoms with Gasteiger partial charge in [-0.2, -0.15) is 13.9 Å². The summed E-state index contributed by atoms with van der Waals surface area (Å²) in [6.07, 6.45) is 0. The van der Waals surface area contributed by atoms with E-state index < -0.39 is 12.5 Å². The number of hydrogen-bond acceptors (Lipinski definition) is 5. The molecule has 1 aliphatic rings. The topological polar surface area (TPSA) is 69.2 Å². The summed E-state index contributed by atoms with van der Waals surface area (Å²) >= 11 is 0. The van der Waals surface area contributed by atoms with Crippen molar-refractivity contribution in [2.24, 2.45) is 5.10 Å². The van der Waals surface area contributed by atoms with Gasteiger partial charge < -0.3 is 14.2 Å². The number of nitrogens with zero attached hydrogens (tertiary/aromatic N) is 1. The highest BCUT2D eigenvalue weighted by Crippen LogP contribution is 2.32. The van der Waals surface area contributed by atoms with E-state index in [-0.39, 0.29) is 12.5 Å². The maximum Gasteiger partial charge on any atom is 0.387 e. The fraction of sp³-hybridized carbons (Fsp3) is 0.176. The van der Waals surface area contributed by atoms with Crippen LogP contribution < -0.4 is 19.6 Å². The molecule has 0 aromatic heterocycles. The Bertz CT molecular complexity index is 807. The molecule has 2 aromatic carbocycles. The quantitative estimate of drug-likeness (QED) is 0.666. The average molecular weight is 348 g/mol. The van der Waals surface area contributed by atoms with E-state index in [9.17, 15) is 13.6 Å². The van der Waals surface area contributed by atoms with Crippen molar-refractivity contribution in [3.05, 3.63) is 53.6 Å². The van der Waals surface area contributed by atoms with Crippen LogP contribution in [0, 0.1) is 0 Å². The number of rotatable bonds is 5. The second kappa shape index (κ2) is 7.16. The first-order valence-corrected chi connectivity index (χ1v) is 7.32.